The van der Waals surface area contributed by atoms with Crippen LogP contribution in [0.3, 0.4) is 0 Å². The van der Waals surface area contributed by atoms with Gasteiger partial charge in [-0.25, -0.2) is 0 Å². The van der Waals surface area contributed by atoms with E-state index < -0.39 is 108 Å². The summed E-state index contributed by atoms with van der Waals surface area (Å²) in [7, 11) is 0. The molecule has 233 valence electrons. The van der Waals surface area contributed by atoms with E-state index >= 15 is 0 Å². The third-order valence-electron chi connectivity index (χ3n) is 5.22. The van der Waals surface area contributed by atoms with E-state index in [1.54, 1.807) is 0 Å². The van der Waals surface area contributed by atoms with Gasteiger partial charge in [0.05, 0.1) is 0 Å². The van der Waals surface area contributed by atoms with Gasteiger partial charge in [-0.2, -0.15) is 92.2 Å². The van der Waals surface area contributed by atoms with Crippen LogP contribution in [0.25, 0.3) is 0 Å². The van der Waals surface area contributed by atoms with E-state index in [1.165, 1.54) is 0 Å². The average molecular weight is 637 g/mol. The molecule has 0 fully saturated rings. The number of unbranched alkanes of at least 4 members (excludes halogenated alkanes) is 1. The first-order chi connectivity index (χ1) is 17.3. The molecule has 0 atom stereocenters. The normalized spacial score (nSPS) is 15.6. The Kier molecular flexibility index (Phi) is 8.89. The van der Waals surface area contributed by atoms with Gasteiger partial charge in [-0.3, -0.25) is 0 Å². The molecule has 0 amide bonds. The van der Waals surface area contributed by atoms with Gasteiger partial charge in [0, 0.05) is 16.7 Å². The van der Waals surface area contributed by atoms with E-state index in [-0.39, 0.29) is 0 Å². The fraction of sp³-hybridized carbons (Fsp3) is 0.632. The molecule has 0 aromatic heterocycles. The zero-order chi connectivity index (χ0) is 32.3. The predicted octanol–water partition coefficient (Wildman–Crippen LogP) is 9.71. The molecule has 0 aliphatic carbocycles. The number of hydrogen-bond donors (Lipinski definition) is 0. The maximum atomic E-state index is 14.5. The summed E-state index contributed by atoms with van der Waals surface area (Å²) in [5.41, 5.74) is -13.6. The molecule has 0 saturated carbocycles. The lowest BCUT2D eigenvalue weighted by Crippen LogP contribution is -2.53. The van der Waals surface area contributed by atoms with Crippen molar-refractivity contribution in [3.63, 3.8) is 0 Å². The highest BCUT2D eigenvalue weighted by Crippen LogP contribution is 2.59. The minimum atomic E-state index is -7.57. The van der Waals surface area contributed by atoms with E-state index in [0.29, 0.717) is 0 Å². The molecule has 0 heterocycles. The lowest BCUT2D eigenvalue weighted by Gasteiger charge is -2.35. The lowest BCUT2D eigenvalue weighted by molar-refractivity contribution is -0.362. The second-order valence-electron chi connectivity index (χ2n) is 7.95. The summed E-state index contributed by atoms with van der Waals surface area (Å²) in [5.74, 6) is -44.3. The van der Waals surface area contributed by atoms with Crippen molar-refractivity contribution in [1.82, 2.24) is 0 Å². The number of halogens is 21. The van der Waals surface area contributed by atoms with E-state index in [2.05, 4.69) is 6.92 Å². The summed E-state index contributed by atoms with van der Waals surface area (Å²) in [5, 5.41) is 0. The van der Waals surface area contributed by atoms with E-state index in [9.17, 15) is 92.2 Å². The van der Waals surface area contributed by atoms with Crippen LogP contribution in [0.15, 0.2) is 12.1 Å². The molecule has 0 N–H and O–H groups in total. The standard InChI is InChI=1S/C19H10F21/c1-2-3-4-8-9(12(22,23)15(28,29)18(35,36)37)5-7(11(20,21)14(26,27)17(32,33)34)6-10(8)13(24,25)16(30,31)19(38,39)40/h5-6H,1-4H2. The van der Waals surface area contributed by atoms with Gasteiger partial charge in [0.15, 0.2) is 0 Å². The molecule has 1 aromatic rings. The van der Waals surface area contributed by atoms with Gasteiger partial charge in [0.2, 0.25) is 0 Å². The first-order valence-electron chi connectivity index (χ1n) is 9.73. The highest BCUT2D eigenvalue weighted by atomic mass is 19.4. The molecule has 0 unspecified atom stereocenters. The first-order valence-corrected chi connectivity index (χ1v) is 9.73. The Hall–Kier alpha value is -2.25. The molecule has 0 bridgehead atoms. The van der Waals surface area contributed by atoms with Gasteiger partial charge in [0.1, 0.15) is 0 Å². The number of alkyl halides is 21. The minimum absolute atomic E-state index is 0.759. The van der Waals surface area contributed by atoms with Crippen LogP contribution in [0.2, 0.25) is 0 Å². The topological polar surface area (TPSA) is 0 Å². The second kappa shape index (κ2) is 9.94. The fourth-order valence-corrected chi connectivity index (χ4v) is 3.04. The van der Waals surface area contributed by atoms with Gasteiger partial charge in [-0.05, 0) is 30.5 Å². The Balaban J connectivity index is 4.53. The molecule has 0 nitrogen and oxygen atoms in total. The molecular formula is C19H10F21. The number of rotatable bonds is 9. The van der Waals surface area contributed by atoms with E-state index in [4.69, 9.17) is 0 Å². The van der Waals surface area contributed by atoms with Crippen molar-refractivity contribution in [3.05, 3.63) is 41.3 Å². The Morgan fingerprint density at radius 2 is 0.725 bits per heavy atom. The molecule has 0 spiro atoms. The van der Waals surface area contributed by atoms with Crippen LogP contribution in [-0.4, -0.2) is 36.3 Å². The van der Waals surface area contributed by atoms with Gasteiger partial charge in [0.25, 0.3) is 0 Å². The Bertz CT molecular complexity index is 994. The van der Waals surface area contributed by atoms with Crippen molar-refractivity contribution >= 4 is 0 Å². The Morgan fingerprint density at radius 1 is 0.450 bits per heavy atom. The maximum absolute atomic E-state index is 14.5. The van der Waals surface area contributed by atoms with Crippen LogP contribution in [-0.2, 0) is 24.2 Å². The quantitative estimate of drug-likeness (QED) is 0.237. The van der Waals surface area contributed by atoms with Crippen molar-refractivity contribution in [3.8, 4) is 0 Å². The van der Waals surface area contributed by atoms with Crippen LogP contribution in [0, 0.1) is 6.92 Å². The summed E-state index contributed by atoms with van der Waals surface area (Å²) >= 11 is 0. The van der Waals surface area contributed by atoms with Crippen molar-refractivity contribution in [1.29, 1.82) is 0 Å². The van der Waals surface area contributed by atoms with Crippen molar-refractivity contribution in [2.24, 2.45) is 0 Å². The predicted molar refractivity (Wildman–Crippen MR) is 89.4 cm³/mol. The van der Waals surface area contributed by atoms with Gasteiger partial charge >= 0.3 is 54.1 Å². The summed E-state index contributed by atoms with van der Waals surface area (Å²) < 4.78 is 282. The number of hydrogen-bond acceptors (Lipinski definition) is 0. The molecule has 0 aliphatic heterocycles. The van der Waals surface area contributed by atoms with Crippen LogP contribution in [0.4, 0.5) is 92.2 Å². The molecule has 1 aromatic carbocycles. The first kappa shape index (κ1) is 35.8. The minimum Gasteiger partial charge on any atom is -0.194 e. The molecule has 21 heteroatoms. The van der Waals surface area contributed by atoms with Crippen molar-refractivity contribution in [2.45, 2.75) is 73.3 Å². The maximum Gasteiger partial charge on any atom is 0.460 e. The van der Waals surface area contributed by atoms with Crippen LogP contribution in [0.1, 0.15) is 35.1 Å². The molecule has 0 saturated heterocycles. The largest absolute Gasteiger partial charge is 0.460 e. The number of benzene rings is 1. The molecule has 1 rings (SSSR count). The summed E-state index contributed by atoms with van der Waals surface area (Å²) in [6, 6.07) is -3.33. The van der Waals surface area contributed by atoms with E-state index in [0.717, 1.165) is 0 Å². The molecular weight excluding hydrogens is 627 g/mol. The second-order valence-corrected chi connectivity index (χ2v) is 7.95. The zero-order valence-corrected chi connectivity index (χ0v) is 18.4. The van der Waals surface area contributed by atoms with Crippen molar-refractivity contribution in [2.75, 3.05) is 0 Å². The molecule has 40 heavy (non-hydrogen) atoms. The molecule has 0 aliphatic rings. The van der Waals surface area contributed by atoms with Crippen molar-refractivity contribution < 1.29 is 92.2 Å². The lowest BCUT2D eigenvalue weighted by atomic mass is 9.83. The van der Waals surface area contributed by atoms with Crippen LogP contribution < -0.4 is 0 Å². The Morgan fingerprint density at radius 3 is 0.975 bits per heavy atom. The van der Waals surface area contributed by atoms with Crippen LogP contribution >= 0.6 is 0 Å². The highest BCUT2D eigenvalue weighted by molar-refractivity contribution is 5.48. The third kappa shape index (κ3) is 5.36. The summed E-state index contributed by atoms with van der Waals surface area (Å²) in [6.07, 6.45) is -26.2. The third-order valence-corrected chi connectivity index (χ3v) is 5.22. The van der Waals surface area contributed by atoms with Gasteiger partial charge in [-0.15, -0.1) is 0 Å². The summed E-state index contributed by atoms with van der Waals surface area (Å²) in [4.78, 5) is 0. The average Bonchev–Trinajstić information content (AvgIpc) is 2.74. The fourth-order valence-electron chi connectivity index (χ4n) is 3.04. The molecule has 1 radical (unpaired) electrons. The summed E-state index contributed by atoms with van der Waals surface area (Å²) in [6.45, 7) is 2.90. The Labute approximate surface area is 208 Å². The monoisotopic (exact) mass is 637 g/mol. The van der Waals surface area contributed by atoms with Gasteiger partial charge in [-0.1, -0.05) is 13.3 Å². The highest BCUT2D eigenvalue weighted by Gasteiger charge is 2.78. The SMILES string of the molecule is [CH2]CCCc1c(C(F)(F)C(F)(F)C(F)(F)F)cc(C(F)(F)C(F)(F)C(F)(F)F)cc1C(F)(F)C(F)(F)C(F)(F)F. The smallest absolute Gasteiger partial charge is 0.194 e. The zero-order valence-electron chi connectivity index (χ0n) is 18.4. The van der Waals surface area contributed by atoms with Crippen LogP contribution in [0.5, 0.6) is 0 Å². The van der Waals surface area contributed by atoms with Gasteiger partial charge < -0.3 is 0 Å². The van der Waals surface area contributed by atoms with E-state index in [1.807, 2.05) is 0 Å².